The van der Waals surface area contributed by atoms with Crippen molar-refractivity contribution < 1.29 is 14.3 Å². The molecule has 0 aliphatic rings. The average Bonchev–Trinajstić information content (AvgIpc) is 3.29. The van der Waals surface area contributed by atoms with Gasteiger partial charge in [-0.25, -0.2) is 14.6 Å². The number of anilines is 1. The van der Waals surface area contributed by atoms with Crippen LogP contribution in [0.5, 0.6) is 0 Å². The Balaban J connectivity index is 1.91. The molecule has 11 heteroatoms. The van der Waals surface area contributed by atoms with Gasteiger partial charge in [-0.15, -0.1) is 11.3 Å². The van der Waals surface area contributed by atoms with Gasteiger partial charge < -0.3 is 14.6 Å². The van der Waals surface area contributed by atoms with Gasteiger partial charge in [0, 0.05) is 19.0 Å². The normalized spacial score (nSPS) is 11.0. The first kappa shape index (κ1) is 20.5. The van der Waals surface area contributed by atoms with E-state index < -0.39 is 23.1 Å². The lowest BCUT2D eigenvalue weighted by Gasteiger charge is -2.08. The van der Waals surface area contributed by atoms with Crippen molar-refractivity contribution in [2.45, 2.75) is 26.8 Å². The number of imidazole rings is 1. The van der Waals surface area contributed by atoms with Crippen LogP contribution in [0.15, 0.2) is 22.0 Å². The van der Waals surface area contributed by atoms with E-state index in [0.717, 1.165) is 9.44 Å². The lowest BCUT2D eigenvalue weighted by atomic mass is 10.2. The van der Waals surface area contributed by atoms with Gasteiger partial charge in [-0.05, 0) is 19.4 Å². The Morgan fingerprint density at radius 3 is 2.59 bits per heavy atom. The van der Waals surface area contributed by atoms with Crippen molar-refractivity contribution in [3.63, 3.8) is 0 Å². The van der Waals surface area contributed by atoms with Crippen LogP contribution in [-0.4, -0.2) is 37.2 Å². The summed E-state index contributed by atoms with van der Waals surface area (Å²) in [7, 11) is 2.87. The van der Waals surface area contributed by atoms with Crippen molar-refractivity contribution >= 4 is 39.4 Å². The summed E-state index contributed by atoms with van der Waals surface area (Å²) in [6, 6.07) is 1.70. The summed E-state index contributed by atoms with van der Waals surface area (Å²) in [4.78, 5) is 54.3. The second-order valence-electron chi connectivity index (χ2n) is 6.33. The second kappa shape index (κ2) is 8.03. The van der Waals surface area contributed by atoms with Gasteiger partial charge in [-0.3, -0.25) is 18.7 Å². The first-order valence-electron chi connectivity index (χ1n) is 8.98. The van der Waals surface area contributed by atoms with Gasteiger partial charge in [-0.2, -0.15) is 0 Å². The lowest BCUT2D eigenvalue weighted by molar-refractivity contribution is -0.116. The highest BCUT2D eigenvalue weighted by Crippen LogP contribution is 2.29. The van der Waals surface area contributed by atoms with Crippen LogP contribution in [0, 0.1) is 0 Å². The van der Waals surface area contributed by atoms with E-state index in [-0.39, 0.29) is 24.3 Å². The molecule has 0 fully saturated rings. The van der Waals surface area contributed by atoms with Crippen molar-refractivity contribution in [3.8, 4) is 0 Å². The van der Waals surface area contributed by atoms with E-state index in [0.29, 0.717) is 17.0 Å². The zero-order valence-electron chi connectivity index (χ0n) is 16.5. The zero-order chi connectivity index (χ0) is 21.3. The third kappa shape index (κ3) is 3.73. The molecule has 0 radical (unpaired) electrons. The van der Waals surface area contributed by atoms with Crippen molar-refractivity contribution in [1.82, 2.24) is 18.7 Å². The van der Waals surface area contributed by atoms with Gasteiger partial charge in [0.25, 0.3) is 5.56 Å². The number of hydrogen-bond donors (Lipinski definition) is 1. The Hall–Kier alpha value is -3.21. The number of hydrogen-bond acceptors (Lipinski definition) is 7. The largest absolute Gasteiger partial charge is 0.462 e. The highest BCUT2D eigenvalue weighted by Gasteiger charge is 2.20. The number of aryl methyl sites for hydroxylation is 2. The summed E-state index contributed by atoms with van der Waals surface area (Å²) < 4.78 is 8.64. The highest BCUT2D eigenvalue weighted by molar-refractivity contribution is 7.16. The minimum Gasteiger partial charge on any atom is -0.462 e. The molecular weight excluding hydrogens is 398 g/mol. The molecular formula is C18H21N5O5S. The molecule has 3 aromatic heterocycles. The summed E-state index contributed by atoms with van der Waals surface area (Å²) in [5, 5.41) is 3.12. The lowest BCUT2D eigenvalue weighted by Crippen LogP contribution is -2.37. The molecule has 0 aliphatic carbocycles. The van der Waals surface area contributed by atoms with Gasteiger partial charge in [-0.1, -0.05) is 6.92 Å². The molecule has 3 rings (SSSR count). The summed E-state index contributed by atoms with van der Waals surface area (Å²) in [5.41, 5.74) is -0.388. The third-order valence-corrected chi connectivity index (χ3v) is 5.61. The maximum absolute atomic E-state index is 12.6. The van der Waals surface area contributed by atoms with Crippen LogP contribution in [-0.2, 0) is 36.6 Å². The molecule has 0 aromatic carbocycles. The number of carbonyl (C=O) groups is 2. The van der Waals surface area contributed by atoms with Crippen LogP contribution >= 0.6 is 11.3 Å². The summed E-state index contributed by atoms with van der Waals surface area (Å²) >= 11 is 1.30. The molecule has 1 amide bonds. The molecule has 0 saturated heterocycles. The predicted molar refractivity (Wildman–Crippen MR) is 108 cm³/mol. The van der Waals surface area contributed by atoms with E-state index >= 15 is 0 Å². The zero-order valence-corrected chi connectivity index (χ0v) is 17.3. The summed E-state index contributed by atoms with van der Waals surface area (Å²) in [6.45, 7) is 3.68. The molecule has 1 N–H and O–H groups in total. The maximum atomic E-state index is 12.6. The Bertz CT molecular complexity index is 1220. The average molecular weight is 419 g/mol. The number of amides is 1. The molecule has 154 valence electrons. The Labute approximate surface area is 169 Å². The van der Waals surface area contributed by atoms with E-state index in [1.807, 2.05) is 6.92 Å². The number of carbonyl (C=O) groups excluding carboxylic acids is 2. The van der Waals surface area contributed by atoms with Crippen LogP contribution in [0.25, 0.3) is 11.2 Å². The molecule has 10 nitrogen and oxygen atoms in total. The molecule has 3 heterocycles. The van der Waals surface area contributed by atoms with Gasteiger partial charge in [0.05, 0.1) is 18.5 Å². The van der Waals surface area contributed by atoms with Crippen molar-refractivity contribution in [2.24, 2.45) is 14.1 Å². The van der Waals surface area contributed by atoms with Crippen LogP contribution in [0.3, 0.4) is 0 Å². The second-order valence-corrected chi connectivity index (χ2v) is 7.46. The SMILES string of the molecule is CCOC(=O)c1cc(CC)sc1NC(=O)Cn1cnc2c1c(=O)n(C)c(=O)n2C. The van der Waals surface area contributed by atoms with Crippen LogP contribution in [0.2, 0.25) is 0 Å². The van der Waals surface area contributed by atoms with Gasteiger partial charge in [0.1, 0.15) is 11.5 Å². The van der Waals surface area contributed by atoms with Gasteiger partial charge in [0.15, 0.2) is 11.2 Å². The van der Waals surface area contributed by atoms with E-state index in [1.165, 1.54) is 40.9 Å². The number of aromatic nitrogens is 4. The van der Waals surface area contributed by atoms with Crippen molar-refractivity contribution in [1.29, 1.82) is 0 Å². The minimum atomic E-state index is -0.537. The first-order valence-corrected chi connectivity index (χ1v) is 9.80. The molecule has 0 atom stereocenters. The standard InChI is InChI=1S/C18H21N5O5S/c1-5-10-7-11(17(26)28-6-2)15(29-10)20-12(24)8-23-9-19-14-13(23)16(25)22(4)18(27)21(14)3/h7,9H,5-6,8H2,1-4H3,(H,20,24). The maximum Gasteiger partial charge on any atom is 0.341 e. The highest BCUT2D eigenvalue weighted by atomic mass is 32.1. The molecule has 0 spiro atoms. The van der Waals surface area contributed by atoms with Crippen LogP contribution < -0.4 is 16.6 Å². The summed E-state index contributed by atoms with van der Waals surface area (Å²) in [5.74, 6) is -0.939. The molecule has 0 aliphatic heterocycles. The topological polar surface area (TPSA) is 117 Å². The molecule has 3 aromatic rings. The smallest absolute Gasteiger partial charge is 0.341 e. The number of rotatable bonds is 6. The van der Waals surface area contributed by atoms with E-state index in [2.05, 4.69) is 10.3 Å². The summed E-state index contributed by atoms with van der Waals surface area (Å²) in [6.07, 6.45) is 2.05. The molecule has 0 saturated carbocycles. The quantitative estimate of drug-likeness (QED) is 0.593. The monoisotopic (exact) mass is 419 g/mol. The third-order valence-electron chi connectivity index (χ3n) is 4.41. The Kier molecular flexibility index (Phi) is 5.69. The number of esters is 1. The minimum absolute atomic E-state index is 0.149. The van der Waals surface area contributed by atoms with Crippen LogP contribution in [0.1, 0.15) is 29.1 Å². The Morgan fingerprint density at radius 1 is 1.21 bits per heavy atom. The van der Waals surface area contributed by atoms with E-state index in [9.17, 15) is 19.2 Å². The molecule has 0 unspecified atom stereocenters. The number of nitrogens with one attached hydrogen (secondary N) is 1. The number of fused-ring (bicyclic) bond motifs is 1. The van der Waals surface area contributed by atoms with Crippen LogP contribution in [0.4, 0.5) is 5.00 Å². The fourth-order valence-electron chi connectivity index (χ4n) is 2.91. The van der Waals surface area contributed by atoms with Crippen molar-refractivity contribution in [2.75, 3.05) is 11.9 Å². The first-order chi connectivity index (χ1) is 13.8. The van der Waals surface area contributed by atoms with Gasteiger partial charge >= 0.3 is 11.7 Å². The van der Waals surface area contributed by atoms with Gasteiger partial charge in [0.2, 0.25) is 5.91 Å². The number of ether oxygens (including phenoxy) is 1. The number of nitrogens with zero attached hydrogens (tertiary/aromatic N) is 4. The van der Waals surface area contributed by atoms with E-state index in [4.69, 9.17) is 4.74 Å². The van der Waals surface area contributed by atoms with Crippen molar-refractivity contribution in [3.05, 3.63) is 43.7 Å². The fraction of sp³-hybridized carbons (Fsp3) is 0.389. The molecule has 29 heavy (non-hydrogen) atoms. The Morgan fingerprint density at radius 2 is 1.93 bits per heavy atom. The predicted octanol–water partition coefficient (Wildman–Crippen LogP) is 0.873. The molecule has 0 bridgehead atoms. The number of thiophene rings is 1. The van der Waals surface area contributed by atoms with E-state index in [1.54, 1.807) is 13.0 Å². The fourth-order valence-corrected chi connectivity index (χ4v) is 3.91.